The summed E-state index contributed by atoms with van der Waals surface area (Å²) in [6.45, 7) is 1.33. The molecule has 0 spiro atoms. The van der Waals surface area contributed by atoms with E-state index in [1.807, 2.05) is 12.1 Å². The second kappa shape index (κ2) is 10.5. The summed E-state index contributed by atoms with van der Waals surface area (Å²) in [5, 5.41) is 6.10. The van der Waals surface area contributed by atoms with Crippen molar-refractivity contribution in [2.75, 3.05) is 6.61 Å². The van der Waals surface area contributed by atoms with Crippen molar-refractivity contribution in [3.8, 4) is 0 Å². The summed E-state index contributed by atoms with van der Waals surface area (Å²) in [7, 11) is 0. The molecule has 5 rings (SSSR count). The molecule has 1 aliphatic carbocycles. The molecule has 0 saturated heterocycles. The Hall–Kier alpha value is -4.13. The Kier molecular flexibility index (Phi) is 6.95. The quantitative estimate of drug-likeness (QED) is 0.389. The number of esters is 1. The number of rotatable bonds is 5. The predicted molar refractivity (Wildman–Crippen MR) is 137 cm³/mol. The van der Waals surface area contributed by atoms with Crippen LogP contribution in [-0.4, -0.2) is 29.2 Å². The van der Waals surface area contributed by atoms with Crippen LogP contribution in [0.3, 0.4) is 0 Å². The minimum absolute atomic E-state index is 0.0954. The molecule has 3 aromatic rings. The first-order valence-corrected chi connectivity index (χ1v) is 12.3. The number of ether oxygens (including phenoxy) is 1. The van der Waals surface area contributed by atoms with Gasteiger partial charge in [0.15, 0.2) is 6.61 Å². The minimum Gasteiger partial charge on any atom is -0.452 e. The first-order chi connectivity index (χ1) is 17.9. The number of halogens is 2. The van der Waals surface area contributed by atoms with Crippen molar-refractivity contribution in [1.29, 1.82) is 0 Å². The zero-order chi connectivity index (χ0) is 25.9. The van der Waals surface area contributed by atoms with Gasteiger partial charge in [-0.2, -0.15) is 5.10 Å². The van der Waals surface area contributed by atoms with Crippen LogP contribution >= 0.6 is 0 Å². The number of hydrogen-bond acceptors (Lipinski definition) is 4. The number of hydrazone groups is 1. The van der Waals surface area contributed by atoms with E-state index in [4.69, 9.17) is 9.84 Å². The molecule has 0 N–H and O–H groups in total. The van der Waals surface area contributed by atoms with Crippen molar-refractivity contribution in [1.82, 2.24) is 5.01 Å². The van der Waals surface area contributed by atoms with Gasteiger partial charge in [0, 0.05) is 5.92 Å². The van der Waals surface area contributed by atoms with E-state index in [1.165, 1.54) is 29.3 Å². The lowest BCUT2D eigenvalue weighted by Gasteiger charge is -2.29. The van der Waals surface area contributed by atoms with Crippen LogP contribution in [0.1, 0.15) is 52.4 Å². The predicted octanol–water partition coefficient (Wildman–Crippen LogP) is 6.25. The van der Waals surface area contributed by atoms with Crippen LogP contribution in [0.4, 0.5) is 8.78 Å². The molecular weight excluding hydrogens is 474 g/mol. The highest BCUT2D eigenvalue weighted by Crippen LogP contribution is 2.44. The van der Waals surface area contributed by atoms with Crippen molar-refractivity contribution in [2.45, 2.75) is 32.2 Å². The molecule has 0 aromatic heterocycles. The molecule has 1 saturated carbocycles. The van der Waals surface area contributed by atoms with Crippen LogP contribution in [0.2, 0.25) is 0 Å². The molecule has 1 fully saturated rings. The number of amides is 1. The summed E-state index contributed by atoms with van der Waals surface area (Å²) in [4.78, 5) is 26.0. The molecule has 0 radical (unpaired) electrons. The van der Waals surface area contributed by atoms with Gasteiger partial charge in [-0.05, 0) is 84.9 Å². The third kappa shape index (κ3) is 5.21. The largest absolute Gasteiger partial charge is 0.452 e. The molecule has 1 aliphatic heterocycles. The van der Waals surface area contributed by atoms with Crippen molar-refractivity contribution in [3.05, 3.63) is 112 Å². The van der Waals surface area contributed by atoms with Gasteiger partial charge >= 0.3 is 5.97 Å². The summed E-state index contributed by atoms with van der Waals surface area (Å²) in [5.74, 6) is -1.81. The number of allylic oxidation sites excluding steroid dienone is 1. The molecule has 1 amide bonds. The second-order valence-electron chi connectivity index (χ2n) is 9.33. The SMILES string of the molecule is Cc1ccccc1C(=O)OCC(=O)N1N=C2C(=Cc3ccc(F)cc3)CCCC2C1c1ccc(F)cc1. The molecular formula is C30H26F2N2O3. The number of carbonyl (C=O) groups is 2. The smallest absolute Gasteiger partial charge is 0.338 e. The number of hydrogen-bond donors (Lipinski definition) is 0. The van der Waals surface area contributed by atoms with Gasteiger partial charge in [-0.25, -0.2) is 18.6 Å². The monoisotopic (exact) mass is 500 g/mol. The van der Waals surface area contributed by atoms with Gasteiger partial charge in [0.05, 0.1) is 17.3 Å². The highest BCUT2D eigenvalue weighted by atomic mass is 19.1. The second-order valence-corrected chi connectivity index (χ2v) is 9.33. The van der Waals surface area contributed by atoms with Crippen molar-refractivity contribution >= 4 is 23.7 Å². The molecule has 2 atom stereocenters. The Morgan fingerprint density at radius 3 is 2.38 bits per heavy atom. The Bertz CT molecular complexity index is 1380. The van der Waals surface area contributed by atoms with E-state index in [0.29, 0.717) is 5.56 Å². The maximum Gasteiger partial charge on any atom is 0.338 e. The molecule has 1 heterocycles. The number of benzene rings is 3. The van der Waals surface area contributed by atoms with Gasteiger partial charge in [-0.15, -0.1) is 0 Å². The summed E-state index contributed by atoms with van der Waals surface area (Å²) >= 11 is 0. The number of carbonyl (C=O) groups excluding carboxylic acids is 2. The van der Waals surface area contributed by atoms with Gasteiger partial charge in [-0.1, -0.05) is 42.5 Å². The molecule has 2 unspecified atom stereocenters. The van der Waals surface area contributed by atoms with Crippen molar-refractivity contribution < 1.29 is 23.1 Å². The summed E-state index contributed by atoms with van der Waals surface area (Å²) in [5.41, 5.74) is 4.51. The van der Waals surface area contributed by atoms with E-state index in [0.717, 1.165) is 47.2 Å². The minimum atomic E-state index is -0.578. The zero-order valence-corrected chi connectivity index (χ0v) is 20.4. The molecule has 2 aliphatic rings. The van der Waals surface area contributed by atoms with Crippen LogP contribution in [0.5, 0.6) is 0 Å². The van der Waals surface area contributed by atoms with Gasteiger partial charge in [0.25, 0.3) is 5.91 Å². The Morgan fingerprint density at radius 2 is 1.68 bits per heavy atom. The fraction of sp³-hybridized carbons (Fsp3) is 0.233. The van der Waals surface area contributed by atoms with Crippen molar-refractivity contribution in [3.63, 3.8) is 0 Å². The highest BCUT2D eigenvalue weighted by Gasteiger charge is 2.43. The lowest BCUT2D eigenvalue weighted by molar-refractivity contribution is -0.137. The van der Waals surface area contributed by atoms with Crippen LogP contribution in [0.25, 0.3) is 6.08 Å². The summed E-state index contributed by atoms with van der Waals surface area (Å²) < 4.78 is 32.5. The van der Waals surface area contributed by atoms with Crippen LogP contribution in [0, 0.1) is 24.5 Å². The van der Waals surface area contributed by atoms with Gasteiger partial charge in [-0.3, -0.25) is 4.79 Å². The number of aryl methyl sites for hydroxylation is 1. The maximum absolute atomic E-state index is 13.7. The third-order valence-electron chi connectivity index (χ3n) is 6.87. The molecule has 37 heavy (non-hydrogen) atoms. The Labute approximate surface area is 214 Å². The number of nitrogens with zero attached hydrogens (tertiary/aromatic N) is 2. The van der Waals surface area contributed by atoms with E-state index in [2.05, 4.69) is 0 Å². The first kappa shape index (κ1) is 24.6. The Morgan fingerprint density at radius 1 is 1.00 bits per heavy atom. The lowest BCUT2D eigenvalue weighted by Crippen LogP contribution is -2.34. The number of fused-ring (bicyclic) bond motifs is 1. The van der Waals surface area contributed by atoms with E-state index in [-0.39, 0.29) is 17.6 Å². The fourth-order valence-corrected chi connectivity index (χ4v) is 5.03. The highest BCUT2D eigenvalue weighted by molar-refractivity contribution is 6.08. The van der Waals surface area contributed by atoms with Gasteiger partial charge in [0.2, 0.25) is 0 Å². The third-order valence-corrected chi connectivity index (χ3v) is 6.87. The maximum atomic E-state index is 13.7. The topological polar surface area (TPSA) is 59.0 Å². The van der Waals surface area contributed by atoms with E-state index in [1.54, 1.807) is 49.4 Å². The first-order valence-electron chi connectivity index (χ1n) is 12.3. The van der Waals surface area contributed by atoms with E-state index < -0.39 is 24.5 Å². The average molecular weight is 501 g/mol. The molecule has 188 valence electrons. The van der Waals surface area contributed by atoms with Crippen molar-refractivity contribution in [2.24, 2.45) is 11.0 Å². The van der Waals surface area contributed by atoms with Crippen LogP contribution in [-0.2, 0) is 9.53 Å². The molecule has 5 nitrogen and oxygen atoms in total. The van der Waals surface area contributed by atoms with Crippen LogP contribution < -0.4 is 0 Å². The summed E-state index contributed by atoms with van der Waals surface area (Å²) in [6.07, 6.45) is 4.43. The van der Waals surface area contributed by atoms with Crippen LogP contribution in [0.15, 0.2) is 83.5 Å². The zero-order valence-electron chi connectivity index (χ0n) is 20.4. The van der Waals surface area contributed by atoms with Gasteiger partial charge in [0.1, 0.15) is 11.6 Å². The van der Waals surface area contributed by atoms with Gasteiger partial charge < -0.3 is 4.74 Å². The Balaban J connectivity index is 1.44. The lowest BCUT2D eigenvalue weighted by atomic mass is 9.77. The van der Waals surface area contributed by atoms with E-state index in [9.17, 15) is 18.4 Å². The average Bonchev–Trinajstić information content (AvgIpc) is 3.30. The fourth-order valence-electron chi connectivity index (χ4n) is 5.03. The normalized spacial score (nSPS) is 19.9. The standard InChI is InChI=1S/C30H26F2N2O3/c1-19-5-2-3-7-25(19)30(36)37-18-27(35)34-29(21-11-15-24(32)16-12-21)26-8-4-6-22(28(26)33-34)17-20-9-13-23(31)14-10-20/h2-3,5,7,9-17,26,29H,4,6,8,18H2,1H3. The molecule has 3 aromatic carbocycles. The molecule has 0 bridgehead atoms. The molecule has 7 heteroatoms. The summed E-state index contributed by atoms with van der Waals surface area (Å²) in [6, 6.07) is 18.8. The van der Waals surface area contributed by atoms with E-state index >= 15 is 0 Å².